The van der Waals surface area contributed by atoms with Crippen LogP contribution >= 0.6 is 15.9 Å². The summed E-state index contributed by atoms with van der Waals surface area (Å²) in [6.45, 7) is 1.13. The first kappa shape index (κ1) is 17.6. The van der Waals surface area contributed by atoms with E-state index in [4.69, 9.17) is 15.2 Å². The lowest BCUT2D eigenvalue weighted by Crippen LogP contribution is -2.42. The molecule has 2 amide bonds. The second kappa shape index (κ2) is 7.68. The van der Waals surface area contributed by atoms with Crippen LogP contribution in [0.3, 0.4) is 0 Å². The number of halogens is 1. The van der Waals surface area contributed by atoms with Gasteiger partial charge < -0.3 is 20.1 Å². The molecule has 0 unspecified atom stereocenters. The molecule has 0 spiro atoms. The topological polar surface area (TPSA) is 81.9 Å². The van der Waals surface area contributed by atoms with Gasteiger partial charge in [-0.05, 0) is 30.5 Å². The van der Waals surface area contributed by atoms with Crippen molar-refractivity contribution in [3.8, 4) is 11.5 Å². The molecular weight excluding hydrogens is 364 g/mol. The van der Waals surface area contributed by atoms with Crippen LogP contribution in [0.4, 0.5) is 0 Å². The fourth-order valence-corrected chi connectivity index (χ4v) is 3.18. The predicted octanol–water partition coefficient (Wildman–Crippen LogP) is 1.73. The zero-order valence-corrected chi connectivity index (χ0v) is 14.9. The van der Waals surface area contributed by atoms with Crippen LogP contribution in [0.5, 0.6) is 11.5 Å². The summed E-state index contributed by atoms with van der Waals surface area (Å²) in [5, 5.41) is 0. The Hall–Kier alpha value is -1.76. The van der Waals surface area contributed by atoms with Crippen molar-refractivity contribution in [3.63, 3.8) is 0 Å². The van der Waals surface area contributed by atoms with Gasteiger partial charge in [0.15, 0.2) is 11.5 Å². The first-order valence-corrected chi connectivity index (χ1v) is 8.23. The van der Waals surface area contributed by atoms with Gasteiger partial charge in [-0.25, -0.2) is 0 Å². The number of rotatable bonds is 5. The van der Waals surface area contributed by atoms with E-state index in [1.807, 2.05) is 0 Å². The average molecular weight is 385 g/mol. The van der Waals surface area contributed by atoms with Crippen LogP contribution in [0.1, 0.15) is 18.4 Å². The monoisotopic (exact) mass is 384 g/mol. The Morgan fingerprint density at radius 3 is 2.30 bits per heavy atom. The minimum atomic E-state index is -0.278. The standard InChI is InChI=1S/C16H21BrN2O4/c1-22-13-7-11(12(17)9-14(13)23-2)8-15(20)19-5-3-10(4-6-19)16(18)21/h7,9-10H,3-6,8H2,1-2H3,(H2,18,21). The minimum Gasteiger partial charge on any atom is -0.493 e. The molecule has 7 heteroatoms. The molecule has 6 nitrogen and oxygen atoms in total. The molecule has 1 aromatic carbocycles. The summed E-state index contributed by atoms with van der Waals surface area (Å²) in [6, 6.07) is 3.59. The predicted molar refractivity (Wildman–Crippen MR) is 89.4 cm³/mol. The summed E-state index contributed by atoms with van der Waals surface area (Å²) in [7, 11) is 3.13. The number of piperidine rings is 1. The van der Waals surface area contributed by atoms with Crippen molar-refractivity contribution < 1.29 is 19.1 Å². The Morgan fingerprint density at radius 2 is 1.78 bits per heavy atom. The fourth-order valence-electron chi connectivity index (χ4n) is 2.72. The number of carbonyl (C=O) groups is 2. The molecule has 0 aliphatic carbocycles. The van der Waals surface area contributed by atoms with Crippen molar-refractivity contribution in [1.29, 1.82) is 0 Å². The first-order valence-electron chi connectivity index (χ1n) is 7.43. The zero-order chi connectivity index (χ0) is 17.0. The van der Waals surface area contributed by atoms with E-state index in [1.165, 1.54) is 0 Å². The highest BCUT2D eigenvalue weighted by Crippen LogP contribution is 2.33. The van der Waals surface area contributed by atoms with Crippen LogP contribution in [-0.2, 0) is 16.0 Å². The summed E-state index contributed by atoms with van der Waals surface area (Å²) in [6.07, 6.45) is 1.53. The molecule has 2 N–H and O–H groups in total. The largest absolute Gasteiger partial charge is 0.493 e. The number of hydrogen-bond donors (Lipinski definition) is 1. The van der Waals surface area contributed by atoms with Gasteiger partial charge in [0.25, 0.3) is 0 Å². The number of primary amides is 1. The molecule has 2 rings (SSSR count). The maximum atomic E-state index is 12.5. The summed E-state index contributed by atoms with van der Waals surface area (Å²) < 4.78 is 11.3. The number of carbonyl (C=O) groups excluding carboxylic acids is 2. The molecule has 1 aliphatic heterocycles. The van der Waals surface area contributed by atoms with Crippen molar-refractivity contribution >= 4 is 27.7 Å². The molecule has 1 aliphatic rings. The SMILES string of the molecule is COc1cc(Br)c(CC(=O)N2CCC(C(N)=O)CC2)cc1OC. The van der Waals surface area contributed by atoms with Crippen molar-refractivity contribution in [2.24, 2.45) is 11.7 Å². The third-order valence-corrected chi connectivity index (χ3v) is 4.88. The van der Waals surface area contributed by atoms with Gasteiger partial charge in [-0.2, -0.15) is 0 Å². The van der Waals surface area contributed by atoms with Gasteiger partial charge in [-0.15, -0.1) is 0 Å². The van der Waals surface area contributed by atoms with E-state index in [9.17, 15) is 9.59 Å². The molecule has 1 fully saturated rings. The normalized spacial score (nSPS) is 15.3. The Morgan fingerprint density at radius 1 is 1.22 bits per heavy atom. The molecule has 23 heavy (non-hydrogen) atoms. The second-order valence-electron chi connectivity index (χ2n) is 5.53. The molecule has 126 valence electrons. The Balaban J connectivity index is 2.05. The molecule has 0 saturated carbocycles. The molecule has 1 heterocycles. The van der Waals surface area contributed by atoms with Gasteiger partial charge in [0.05, 0.1) is 20.6 Å². The summed E-state index contributed by atoms with van der Waals surface area (Å²) in [5.74, 6) is 0.830. The van der Waals surface area contributed by atoms with Gasteiger partial charge in [0.1, 0.15) is 0 Å². The van der Waals surface area contributed by atoms with Gasteiger partial charge in [0.2, 0.25) is 11.8 Å². The number of likely N-dealkylation sites (tertiary alicyclic amines) is 1. The van der Waals surface area contributed by atoms with Crippen molar-refractivity contribution in [3.05, 3.63) is 22.2 Å². The highest BCUT2D eigenvalue weighted by Gasteiger charge is 2.26. The highest BCUT2D eigenvalue weighted by atomic mass is 79.9. The summed E-state index contributed by atoms with van der Waals surface area (Å²) in [5.41, 5.74) is 6.15. The van der Waals surface area contributed by atoms with Gasteiger partial charge in [-0.3, -0.25) is 9.59 Å². The lowest BCUT2D eigenvalue weighted by Gasteiger charge is -2.30. The Kier molecular flexibility index (Phi) is 5.87. The van der Waals surface area contributed by atoms with E-state index in [1.54, 1.807) is 31.3 Å². The highest BCUT2D eigenvalue weighted by molar-refractivity contribution is 9.10. The molecular formula is C16H21BrN2O4. The number of nitrogens with two attached hydrogens (primary N) is 1. The fraction of sp³-hybridized carbons (Fsp3) is 0.500. The van der Waals surface area contributed by atoms with Crippen LogP contribution < -0.4 is 15.2 Å². The van der Waals surface area contributed by atoms with Crippen molar-refractivity contribution in [1.82, 2.24) is 4.90 Å². The third-order valence-electron chi connectivity index (χ3n) is 4.14. The molecule has 0 radical (unpaired) electrons. The van der Waals surface area contributed by atoms with Crippen LogP contribution in [-0.4, -0.2) is 44.0 Å². The van der Waals surface area contributed by atoms with Crippen molar-refractivity contribution in [2.45, 2.75) is 19.3 Å². The van der Waals surface area contributed by atoms with E-state index >= 15 is 0 Å². The van der Waals surface area contributed by atoms with E-state index in [-0.39, 0.29) is 24.2 Å². The van der Waals surface area contributed by atoms with E-state index in [0.29, 0.717) is 37.4 Å². The quantitative estimate of drug-likeness (QED) is 0.837. The van der Waals surface area contributed by atoms with Crippen molar-refractivity contribution in [2.75, 3.05) is 27.3 Å². The van der Waals surface area contributed by atoms with Crippen LogP contribution in [0.2, 0.25) is 0 Å². The number of benzene rings is 1. The first-order chi connectivity index (χ1) is 11.0. The summed E-state index contributed by atoms with van der Waals surface area (Å²) in [4.78, 5) is 25.4. The van der Waals surface area contributed by atoms with Gasteiger partial charge in [0, 0.05) is 23.5 Å². The minimum absolute atomic E-state index is 0.0286. The van der Waals surface area contributed by atoms with Crippen LogP contribution in [0, 0.1) is 5.92 Å². The summed E-state index contributed by atoms with van der Waals surface area (Å²) >= 11 is 3.46. The molecule has 1 saturated heterocycles. The lowest BCUT2D eigenvalue weighted by molar-refractivity contribution is -0.134. The Bertz CT molecular complexity index is 598. The van der Waals surface area contributed by atoms with Gasteiger partial charge in [-0.1, -0.05) is 15.9 Å². The number of nitrogens with zero attached hydrogens (tertiary/aromatic N) is 1. The van der Waals surface area contributed by atoms with Crippen LogP contribution in [0.15, 0.2) is 16.6 Å². The molecule has 0 atom stereocenters. The number of ether oxygens (including phenoxy) is 2. The average Bonchev–Trinajstić information content (AvgIpc) is 2.56. The number of hydrogen-bond acceptors (Lipinski definition) is 4. The van der Waals surface area contributed by atoms with Crippen LogP contribution in [0.25, 0.3) is 0 Å². The molecule has 1 aromatic rings. The maximum Gasteiger partial charge on any atom is 0.227 e. The van der Waals surface area contributed by atoms with E-state index < -0.39 is 0 Å². The maximum absolute atomic E-state index is 12.5. The zero-order valence-electron chi connectivity index (χ0n) is 13.3. The number of methoxy groups -OCH3 is 2. The van der Waals surface area contributed by atoms with Gasteiger partial charge >= 0.3 is 0 Å². The lowest BCUT2D eigenvalue weighted by atomic mass is 9.96. The second-order valence-corrected chi connectivity index (χ2v) is 6.39. The third kappa shape index (κ3) is 4.16. The molecule has 0 aromatic heterocycles. The van der Waals surface area contributed by atoms with E-state index in [2.05, 4.69) is 15.9 Å². The smallest absolute Gasteiger partial charge is 0.227 e. The number of amides is 2. The molecule has 0 bridgehead atoms. The van der Waals surface area contributed by atoms with E-state index in [0.717, 1.165) is 10.0 Å². The Labute approximate surface area is 144 Å².